The number of aliphatic hydroxyl groups is 2. The Kier molecular flexibility index (Phi) is 7.35. The Morgan fingerprint density at radius 3 is 2.38 bits per heavy atom. The molecule has 34 heavy (non-hydrogen) atoms. The number of para-hydroxylation sites is 1. The molecule has 2 saturated carbocycles. The summed E-state index contributed by atoms with van der Waals surface area (Å²) in [5.74, 6) is 0.831. The SMILES string of the molecule is CC1(C)CC(C)(C)C(c2[c-]ccc3c2oc2ccccc23)[N-]1.OC1CCCC2CCC(O)C12.[Ir]. The number of fused-ring (bicyclic) bond motifs is 4. The Hall–Kier alpha value is -1.23. The molecule has 2 heterocycles. The number of rotatable bonds is 1. The quantitative estimate of drug-likeness (QED) is 0.284. The topological polar surface area (TPSA) is 67.7 Å². The van der Waals surface area contributed by atoms with Crippen LogP contribution in [-0.2, 0) is 20.1 Å². The second-order valence-corrected chi connectivity index (χ2v) is 11.7. The number of nitrogens with zero attached hydrogens (tertiary/aromatic N) is 1. The second-order valence-electron chi connectivity index (χ2n) is 11.7. The van der Waals surface area contributed by atoms with Crippen molar-refractivity contribution in [1.82, 2.24) is 0 Å². The van der Waals surface area contributed by atoms with Crippen molar-refractivity contribution in [2.45, 2.75) is 90.0 Å². The molecular weight excluding hydrogens is 603 g/mol. The molecule has 2 aliphatic carbocycles. The first-order chi connectivity index (χ1) is 15.7. The minimum Gasteiger partial charge on any atom is -0.652 e. The van der Waals surface area contributed by atoms with Crippen LogP contribution in [0.1, 0.15) is 77.8 Å². The van der Waals surface area contributed by atoms with Gasteiger partial charge < -0.3 is 19.9 Å². The zero-order chi connectivity index (χ0) is 23.4. The van der Waals surface area contributed by atoms with Crippen LogP contribution in [0.3, 0.4) is 0 Å². The molecule has 1 saturated heterocycles. The van der Waals surface area contributed by atoms with Gasteiger partial charge in [-0.1, -0.05) is 69.5 Å². The molecule has 3 aliphatic rings. The summed E-state index contributed by atoms with van der Waals surface area (Å²) in [5.41, 5.74) is 3.12. The summed E-state index contributed by atoms with van der Waals surface area (Å²) >= 11 is 0. The van der Waals surface area contributed by atoms with Crippen LogP contribution in [0.4, 0.5) is 0 Å². The van der Waals surface area contributed by atoms with E-state index in [1.54, 1.807) is 0 Å². The summed E-state index contributed by atoms with van der Waals surface area (Å²) in [6.07, 6.45) is 5.96. The Balaban J connectivity index is 0.000000193. The summed E-state index contributed by atoms with van der Waals surface area (Å²) in [6, 6.07) is 15.9. The predicted octanol–water partition coefficient (Wildman–Crippen LogP) is 6.93. The summed E-state index contributed by atoms with van der Waals surface area (Å²) < 4.78 is 6.17. The van der Waals surface area contributed by atoms with E-state index in [1.807, 2.05) is 18.2 Å². The summed E-state index contributed by atoms with van der Waals surface area (Å²) in [5, 5.41) is 26.5. The van der Waals surface area contributed by atoms with Gasteiger partial charge in [-0.15, -0.1) is 17.1 Å². The first-order valence-electron chi connectivity index (χ1n) is 12.6. The van der Waals surface area contributed by atoms with Crippen molar-refractivity contribution in [3.05, 3.63) is 53.3 Å². The zero-order valence-corrected chi connectivity index (χ0v) is 23.1. The first kappa shape index (κ1) is 25.9. The van der Waals surface area contributed by atoms with E-state index in [4.69, 9.17) is 9.73 Å². The third kappa shape index (κ3) is 4.75. The van der Waals surface area contributed by atoms with E-state index < -0.39 is 0 Å². The molecule has 1 aliphatic heterocycles. The average Bonchev–Trinajstić information content (AvgIpc) is 3.39. The van der Waals surface area contributed by atoms with E-state index in [9.17, 15) is 10.2 Å². The molecule has 5 unspecified atom stereocenters. The maximum absolute atomic E-state index is 9.59. The minimum absolute atomic E-state index is 0. The van der Waals surface area contributed by atoms with Crippen LogP contribution in [0, 0.1) is 23.3 Å². The van der Waals surface area contributed by atoms with Crippen molar-refractivity contribution in [2.75, 3.05) is 0 Å². The summed E-state index contributed by atoms with van der Waals surface area (Å²) in [6.45, 7) is 9.03. The smallest absolute Gasteiger partial charge is 0.116 e. The first-order valence-corrected chi connectivity index (χ1v) is 12.6. The van der Waals surface area contributed by atoms with Crippen LogP contribution in [0.2, 0.25) is 0 Å². The van der Waals surface area contributed by atoms with Gasteiger partial charge in [-0.25, -0.2) is 0 Å². The monoisotopic (exact) mass is 640 g/mol. The van der Waals surface area contributed by atoms with Gasteiger partial charge in [-0.05, 0) is 37.7 Å². The summed E-state index contributed by atoms with van der Waals surface area (Å²) in [4.78, 5) is 0. The molecule has 1 radical (unpaired) electrons. The van der Waals surface area contributed by atoms with Crippen molar-refractivity contribution < 1.29 is 34.7 Å². The van der Waals surface area contributed by atoms with Gasteiger partial charge in [0.05, 0.1) is 12.2 Å². The molecule has 1 aromatic heterocycles. The number of furan rings is 1. The molecule has 2 aromatic carbocycles. The van der Waals surface area contributed by atoms with Crippen LogP contribution in [0.15, 0.2) is 40.8 Å². The molecule has 5 atom stereocenters. The van der Waals surface area contributed by atoms with Crippen LogP contribution >= 0.6 is 0 Å². The fourth-order valence-electron chi connectivity index (χ4n) is 6.92. The van der Waals surface area contributed by atoms with Gasteiger partial charge in [0, 0.05) is 37.0 Å². The van der Waals surface area contributed by atoms with E-state index in [-0.39, 0.29) is 55.2 Å². The van der Waals surface area contributed by atoms with Gasteiger partial charge in [-0.2, -0.15) is 18.2 Å². The third-order valence-electron chi connectivity index (χ3n) is 8.09. The average molecular weight is 640 g/mol. The van der Waals surface area contributed by atoms with Crippen molar-refractivity contribution in [2.24, 2.45) is 17.3 Å². The Labute approximate surface area is 216 Å². The van der Waals surface area contributed by atoms with Gasteiger partial charge in [0.15, 0.2) is 0 Å². The molecule has 5 heteroatoms. The number of hydrogen-bond acceptors (Lipinski definition) is 3. The summed E-state index contributed by atoms with van der Waals surface area (Å²) in [7, 11) is 0. The number of aliphatic hydroxyl groups excluding tert-OH is 2. The zero-order valence-electron chi connectivity index (χ0n) is 20.7. The van der Waals surface area contributed by atoms with Gasteiger partial charge >= 0.3 is 0 Å². The van der Waals surface area contributed by atoms with E-state index in [2.05, 4.69) is 52.0 Å². The van der Waals surface area contributed by atoms with Gasteiger partial charge in [0.25, 0.3) is 0 Å². The normalized spacial score (nSPS) is 31.5. The number of hydrogen-bond donors (Lipinski definition) is 2. The van der Waals surface area contributed by atoms with Crippen molar-refractivity contribution in [1.29, 1.82) is 0 Å². The van der Waals surface area contributed by atoms with E-state index in [0.717, 1.165) is 48.8 Å². The molecule has 2 N–H and O–H groups in total. The molecular formula is C29H37IrNO3-2. The van der Waals surface area contributed by atoms with Crippen molar-refractivity contribution >= 4 is 21.9 Å². The predicted molar refractivity (Wildman–Crippen MR) is 133 cm³/mol. The van der Waals surface area contributed by atoms with E-state index >= 15 is 0 Å². The molecule has 0 bridgehead atoms. The largest absolute Gasteiger partial charge is 0.652 e. The molecule has 3 fully saturated rings. The Morgan fingerprint density at radius 2 is 1.68 bits per heavy atom. The minimum atomic E-state index is -0.216. The molecule has 0 spiro atoms. The fraction of sp³-hybridized carbons (Fsp3) is 0.586. The molecule has 0 amide bonds. The van der Waals surface area contributed by atoms with Gasteiger partial charge in [0.2, 0.25) is 0 Å². The third-order valence-corrected chi connectivity index (χ3v) is 8.09. The molecule has 4 nitrogen and oxygen atoms in total. The van der Waals surface area contributed by atoms with Crippen LogP contribution in [0.5, 0.6) is 0 Å². The fourth-order valence-corrected chi connectivity index (χ4v) is 6.92. The van der Waals surface area contributed by atoms with E-state index in [1.165, 1.54) is 17.2 Å². The maximum Gasteiger partial charge on any atom is 0.116 e. The van der Waals surface area contributed by atoms with Crippen LogP contribution in [0.25, 0.3) is 27.3 Å². The van der Waals surface area contributed by atoms with Crippen molar-refractivity contribution in [3.8, 4) is 0 Å². The van der Waals surface area contributed by atoms with Crippen LogP contribution < -0.4 is 0 Å². The molecule has 187 valence electrons. The van der Waals surface area contributed by atoms with Gasteiger partial charge in [0.1, 0.15) is 5.58 Å². The number of benzene rings is 2. The standard InChI is InChI=1S/C20H21NO.C9H16O2.Ir/c1-19(2)12-20(3,4)21-18(19)15-10-7-9-14-13-8-5-6-11-16(13)22-17(14)15;10-7-3-1-2-6-4-5-8(11)9(6)7;/h5-9,11,18H,12H2,1-4H3;6-11H,1-5H2;/q-2;;. The maximum atomic E-state index is 9.59. The molecule has 3 aromatic rings. The Bertz CT molecular complexity index is 1130. The van der Waals surface area contributed by atoms with Crippen LogP contribution in [-0.4, -0.2) is 28.0 Å². The Morgan fingerprint density at radius 1 is 0.941 bits per heavy atom. The van der Waals surface area contributed by atoms with Gasteiger partial charge in [-0.3, -0.25) is 0 Å². The second kappa shape index (κ2) is 9.67. The van der Waals surface area contributed by atoms with Crippen molar-refractivity contribution in [3.63, 3.8) is 0 Å². The molecule has 6 rings (SSSR count). The van der Waals surface area contributed by atoms with E-state index in [0.29, 0.717) is 5.92 Å².